The highest BCUT2D eigenvalue weighted by Crippen LogP contribution is 2.33. The Labute approximate surface area is 165 Å². The van der Waals surface area contributed by atoms with Crippen molar-refractivity contribution in [3.8, 4) is 45.6 Å². The van der Waals surface area contributed by atoms with Crippen molar-refractivity contribution in [1.29, 1.82) is 0 Å². The average molecular weight is 394 g/mol. The van der Waals surface area contributed by atoms with E-state index in [9.17, 15) is 10.2 Å². The number of benzene rings is 2. The Bertz CT molecular complexity index is 975. The van der Waals surface area contributed by atoms with Crippen LogP contribution in [0, 0.1) is 0 Å². The number of aromatic hydroxyl groups is 2. The summed E-state index contributed by atoms with van der Waals surface area (Å²) in [6.07, 6.45) is 3.66. The van der Waals surface area contributed by atoms with Gasteiger partial charge in [0.25, 0.3) is 0 Å². The second-order valence-electron chi connectivity index (χ2n) is 6.16. The van der Waals surface area contributed by atoms with Crippen molar-refractivity contribution >= 4 is 0 Å². The molecule has 0 radical (unpaired) electrons. The first-order valence-corrected chi connectivity index (χ1v) is 8.94. The van der Waals surface area contributed by atoms with Gasteiger partial charge >= 0.3 is 0 Å². The minimum absolute atomic E-state index is 0.0901. The Morgan fingerprint density at radius 2 is 1.17 bits per heavy atom. The Hall–Kier alpha value is -3.94. The second kappa shape index (κ2) is 8.39. The molecule has 29 heavy (non-hydrogen) atoms. The van der Waals surface area contributed by atoms with Gasteiger partial charge in [0.05, 0.1) is 36.7 Å². The third-order valence-electron chi connectivity index (χ3n) is 4.17. The summed E-state index contributed by atoms with van der Waals surface area (Å²) in [5.74, 6) is 2.31. The topological polar surface area (TPSA) is 111 Å². The van der Waals surface area contributed by atoms with Crippen LogP contribution >= 0.6 is 0 Å². The third kappa shape index (κ3) is 4.32. The zero-order valence-electron chi connectivity index (χ0n) is 15.3. The van der Waals surface area contributed by atoms with E-state index in [0.29, 0.717) is 53.8 Å². The van der Waals surface area contributed by atoms with E-state index < -0.39 is 0 Å². The number of hydrogen-bond donors (Lipinski definition) is 2. The molecule has 0 bridgehead atoms. The van der Waals surface area contributed by atoms with Gasteiger partial charge in [0, 0.05) is 18.6 Å². The summed E-state index contributed by atoms with van der Waals surface area (Å²) in [7, 11) is 0. The lowest BCUT2D eigenvalue weighted by molar-refractivity contribution is 0.247. The van der Waals surface area contributed by atoms with Crippen molar-refractivity contribution in [3.05, 3.63) is 60.9 Å². The van der Waals surface area contributed by atoms with E-state index in [0.717, 1.165) is 0 Å². The maximum atomic E-state index is 9.96. The van der Waals surface area contributed by atoms with Gasteiger partial charge in [-0.05, 0) is 36.4 Å². The predicted molar refractivity (Wildman–Crippen MR) is 103 cm³/mol. The average Bonchev–Trinajstić information content (AvgIpc) is 3.44. The standard InChI is InChI=1S/C21H18N2O6/c24-18-4-2-14(12-16(18)20-6-8-22-28-20)26-10-1-11-27-15-3-5-19(25)17(13-15)21-7-9-23-29-21/h2-9,12-13,24-25H,1,10-11H2. The lowest BCUT2D eigenvalue weighted by Crippen LogP contribution is -2.05. The molecule has 2 aromatic heterocycles. The van der Waals surface area contributed by atoms with Gasteiger partial charge in [-0.1, -0.05) is 10.3 Å². The molecule has 8 nitrogen and oxygen atoms in total. The maximum Gasteiger partial charge on any atom is 0.170 e. The van der Waals surface area contributed by atoms with Crippen molar-refractivity contribution in [2.75, 3.05) is 13.2 Å². The first-order valence-electron chi connectivity index (χ1n) is 8.94. The van der Waals surface area contributed by atoms with Crippen LogP contribution in [0.5, 0.6) is 23.0 Å². The fourth-order valence-electron chi connectivity index (χ4n) is 2.75. The van der Waals surface area contributed by atoms with Crippen LogP contribution in [0.3, 0.4) is 0 Å². The van der Waals surface area contributed by atoms with Crippen molar-refractivity contribution < 1.29 is 28.7 Å². The first-order chi connectivity index (χ1) is 14.2. The van der Waals surface area contributed by atoms with Gasteiger partial charge in [-0.25, -0.2) is 0 Å². The van der Waals surface area contributed by atoms with Crippen LogP contribution in [-0.4, -0.2) is 33.7 Å². The highest BCUT2D eigenvalue weighted by atomic mass is 16.5. The molecule has 148 valence electrons. The Morgan fingerprint density at radius 1 is 0.690 bits per heavy atom. The van der Waals surface area contributed by atoms with E-state index in [4.69, 9.17) is 18.5 Å². The molecule has 0 unspecified atom stereocenters. The van der Waals surface area contributed by atoms with Gasteiger partial charge in [-0.3, -0.25) is 0 Å². The fourth-order valence-corrected chi connectivity index (χ4v) is 2.75. The molecule has 0 saturated heterocycles. The van der Waals surface area contributed by atoms with E-state index in [2.05, 4.69) is 10.3 Å². The highest BCUT2D eigenvalue weighted by molar-refractivity contribution is 5.67. The summed E-state index contributed by atoms with van der Waals surface area (Å²) >= 11 is 0. The molecule has 0 amide bonds. The van der Waals surface area contributed by atoms with Crippen LogP contribution in [0.4, 0.5) is 0 Å². The molecule has 0 aliphatic rings. The lowest BCUT2D eigenvalue weighted by Gasteiger charge is -2.10. The number of phenols is 2. The number of ether oxygens (including phenoxy) is 2. The Balaban J connectivity index is 1.30. The summed E-state index contributed by atoms with van der Waals surface area (Å²) in [4.78, 5) is 0. The molecule has 2 N–H and O–H groups in total. The van der Waals surface area contributed by atoms with Gasteiger partial charge < -0.3 is 28.7 Å². The molecular weight excluding hydrogens is 376 g/mol. The Morgan fingerprint density at radius 3 is 1.59 bits per heavy atom. The van der Waals surface area contributed by atoms with Crippen LogP contribution in [0.1, 0.15) is 6.42 Å². The van der Waals surface area contributed by atoms with Crippen molar-refractivity contribution in [1.82, 2.24) is 10.3 Å². The smallest absolute Gasteiger partial charge is 0.170 e. The maximum absolute atomic E-state index is 9.96. The highest BCUT2D eigenvalue weighted by Gasteiger charge is 2.11. The third-order valence-corrected chi connectivity index (χ3v) is 4.17. The fraction of sp³-hybridized carbons (Fsp3) is 0.143. The number of hydrogen-bond acceptors (Lipinski definition) is 8. The zero-order chi connectivity index (χ0) is 20.1. The van der Waals surface area contributed by atoms with E-state index >= 15 is 0 Å². The summed E-state index contributed by atoms with van der Waals surface area (Å²) in [5, 5.41) is 27.2. The normalized spacial score (nSPS) is 10.8. The minimum atomic E-state index is 0.0901. The molecule has 2 heterocycles. The largest absolute Gasteiger partial charge is 0.507 e. The van der Waals surface area contributed by atoms with E-state index in [1.807, 2.05) is 0 Å². The van der Waals surface area contributed by atoms with Crippen LogP contribution in [-0.2, 0) is 0 Å². The summed E-state index contributed by atoms with van der Waals surface area (Å²) < 4.78 is 21.6. The molecule has 0 saturated carbocycles. The lowest BCUT2D eigenvalue weighted by atomic mass is 10.1. The number of rotatable bonds is 8. The molecule has 0 spiro atoms. The molecule has 0 fully saturated rings. The number of nitrogens with zero attached hydrogens (tertiary/aromatic N) is 2. The van der Waals surface area contributed by atoms with Crippen LogP contribution in [0.2, 0.25) is 0 Å². The summed E-state index contributed by atoms with van der Waals surface area (Å²) in [6, 6.07) is 13.2. The molecule has 0 aliphatic carbocycles. The monoisotopic (exact) mass is 394 g/mol. The minimum Gasteiger partial charge on any atom is -0.507 e. The van der Waals surface area contributed by atoms with Crippen LogP contribution in [0.25, 0.3) is 22.6 Å². The zero-order valence-corrected chi connectivity index (χ0v) is 15.3. The summed E-state index contributed by atoms with van der Waals surface area (Å²) in [5.41, 5.74) is 1.03. The molecule has 4 aromatic rings. The van der Waals surface area contributed by atoms with Gasteiger partial charge in [0.1, 0.15) is 23.0 Å². The van der Waals surface area contributed by atoms with Gasteiger partial charge in [0.15, 0.2) is 11.5 Å². The quantitative estimate of drug-likeness (QED) is 0.427. The molecule has 2 aromatic carbocycles. The van der Waals surface area contributed by atoms with E-state index in [-0.39, 0.29) is 11.5 Å². The number of phenolic OH excluding ortho intramolecular Hbond substituents is 2. The van der Waals surface area contributed by atoms with E-state index in [1.54, 1.807) is 48.5 Å². The molecule has 4 rings (SSSR count). The van der Waals surface area contributed by atoms with Crippen molar-refractivity contribution in [3.63, 3.8) is 0 Å². The Kier molecular flexibility index (Phi) is 5.33. The van der Waals surface area contributed by atoms with E-state index in [1.165, 1.54) is 12.4 Å². The van der Waals surface area contributed by atoms with Gasteiger partial charge in [-0.15, -0.1) is 0 Å². The summed E-state index contributed by atoms with van der Waals surface area (Å²) in [6.45, 7) is 0.849. The molecule has 8 heteroatoms. The molecular formula is C21H18N2O6. The number of aromatic nitrogens is 2. The van der Waals surface area contributed by atoms with Crippen molar-refractivity contribution in [2.45, 2.75) is 6.42 Å². The van der Waals surface area contributed by atoms with Crippen LogP contribution < -0.4 is 9.47 Å². The SMILES string of the molecule is Oc1ccc(OCCCOc2ccc(O)c(-c3ccno3)c2)cc1-c1ccno1. The second-order valence-corrected chi connectivity index (χ2v) is 6.16. The molecule has 0 aliphatic heterocycles. The predicted octanol–water partition coefficient (Wildman–Crippen LogP) is 4.26. The first kappa shape index (κ1) is 18.4. The van der Waals surface area contributed by atoms with Crippen molar-refractivity contribution in [2.24, 2.45) is 0 Å². The van der Waals surface area contributed by atoms with Gasteiger partial charge in [-0.2, -0.15) is 0 Å². The van der Waals surface area contributed by atoms with Gasteiger partial charge in [0.2, 0.25) is 0 Å². The van der Waals surface area contributed by atoms with Crippen LogP contribution in [0.15, 0.2) is 70.0 Å². The molecule has 0 atom stereocenters.